The summed E-state index contributed by atoms with van der Waals surface area (Å²) in [7, 11) is 0. The molecule has 0 saturated carbocycles. The molecule has 0 spiro atoms. The lowest BCUT2D eigenvalue weighted by Crippen LogP contribution is -2.41. The highest BCUT2D eigenvalue weighted by molar-refractivity contribution is 5.77. The van der Waals surface area contributed by atoms with Gasteiger partial charge in [-0.05, 0) is 20.3 Å². The summed E-state index contributed by atoms with van der Waals surface area (Å²) in [6.45, 7) is 5.10. The number of nitrogens with zero attached hydrogens (tertiary/aromatic N) is 1. The Bertz CT molecular complexity index is 335. The topological polar surface area (TPSA) is 75.2 Å². The smallest absolute Gasteiger partial charge is 0.347 e. The van der Waals surface area contributed by atoms with Gasteiger partial charge >= 0.3 is 5.97 Å². The van der Waals surface area contributed by atoms with Gasteiger partial charge in [0.15, 0.2) is 0 Å². The number of aryl methyl sites for hydroxylation is 1. The molecular formula is C9H14N2O3. The van der Waals surface area contributed by atoms with Gasteiger partial charge in [0.25, 0.3) is 0 Å². The number of carboxylic acid groups (broad SMARTS) is 1. The summed E-state index contributed by atoms with van der Waals surface area (Å²) in [5, 5.41) is 15.3. The van der Waals surface area contributed by atoms with Gasteiger partial charge in [0.2, 0.25) is 11.5 Å². The minimum absolute atomic E-state index is 0.390. The number of rotatable bonds is 4. The molecule has 1 unspecified atom stereocenters. The van der Waals surface area contributed by atoms with E-state index in [0.29, 0.717) is 12.3 Å². The molecule has 0 aliphatic heterocycles. The van der Waals surface area contributed by atoms with E-state index in [0.717, 1.165) is 5.56 Å². The van der Waals surface area contributed by atoms with Crippen molar-refractivity contribution in [1.29, 1.82) is 0 Å². The largest absolute Gasteiger partial charge is 0.478 e. The Morgan fingerprint density at radius 1 is 1.79 bits per heavy atom. The maximum atomic E-state index is 10.9. The van der Waals surface area contributed by atoms with Crippen molar-refractivity contribution < 1.29 is 14.6 Å². The molecular weight excluding hydrogens is 184 g/mol. The van der Waals surface area contributed by atoms with E-state index in [4.69, 9.17) is 9.84 Å². The van der Waals surface area contributed by atoms with Crippen LogP contribution in [0.5, 0.6) is 5.88 Å². The van der Waals surface area contributed by atoms with Crippen molar-refractivity contribution in [3.8, 4) is 5.88 Å². The number of ether oxygens (including phenoxy) is 1. The van der Waals surface area contributed by atoms with Gasteiger partial charge in [-0.15, -0.1) is 0 Å². The number of carboxylic acids is 1. The molecule has 0 aliphatic rings. The predicted molar refractivity (Wildman–Crippen MR) is 50.3 cm³/mol. The lowest BCUT2D eigenvalue weighted by Gasteiger charge is -2.23. The van der Waals surface area contributed by atoms with Crippen LogP contribution in [0.25, 0.3) is 0 Å². The van der Waals surface area contributed by atoms with Crippen LogP contribution in [-0.4, -0.2) is 26.9 Å². The molecule has 0 amide bonds. The van der Waals surface area contributed by atoms with Gasteiger partial charge < -0.3 is 9.84 Å². The van der Waals surface area contributed by atoms with Crippen molar-refractivity contribution in [1.82, 2.24) is 10.2 Å². The number of aromatic amines is 1. The van der Waals surface area contributed by atoms with Crippen LogP contribution in [0.1, 0.15) is 25.8 Å². The molecule has 0 aliphatic carbocycles. The fourth-order valence-corrected chi connectivity index (χ4v) is 0.930. The van der Waals surface area contributed by atoms with E-state index in [1.165, 1.54) is 6.92 Å². The number of aliphatic carboxylic acids is 1. The first kappa shape index (κ1) is 10.6. The van der Waals surface area contributed by atoms with E-state index in [9.17, 15) is 4.79 Å². The molecule has 0 fully saturated rings. The van der Waals surface area contributed by atoms with Gasteiger partial charge in [-0.2, -0.15) is 5.10 Å². The monoisotopic (exact) mass is 198 g/mol. The van der Waals surface area contributed by atoms with E-state index in [1.54, 1.807) is 20.0 Å². The molecule has 5 nitrogen and oxygen atoms in total. The van der Waals surface area contributed by atoms with Crippen molar-refractivity contribution in [3.05, 3.63) is 11.8 Å². The normalized spacial score (nSPS) is 14.8. The zero-order chi connectivity index (χ0) is 10.8. The van der Waals surface area contributed by atoms with Crippen LogP contribution in [0.2, 0.25) is 0 Å². The van der Waals surface area contributed by atoms with E-state index in [1.807, 2.05) is 0 Å². The second kappa shape index (κ2) is 3.69. The third-order valence-electron chi connectivity index (χ3n) is 2.24. The molecule has 1 aromatic heterocycles. The zero-order valence-electron chi connectivity index (χ0n) is 8.50. The lowest BCUT2D eigenvalue weighted by molar-refractivity contribution is -0.154. The quantitative estimate of drug-likeness (QED) is 0.765. The van der Waals surface area contributed by atoms with Crippen LogP contribution < -0.4 is 4.74 Å². The molecule has 2 N–H and O–H groups in total. The summed E-state index contributed by atoms with van der Waals surface area (Å²) in [5.74, 6) is -0.564. The van der Waals surface area contributed by atoms with Crippen molar-refractivity contribution in [2.75, 3.05) is 0 Å². The molecule has 14 heavy (non-hydrogen) atoms. The fourth-order valence-electron chi connectivity index (χ4n) is 0.930. The van der Waals surface area contributed by atoms with E-state index >= 15 is 0 Å². The summed E-state index contributed by atoms with van der Waals surface area (Å²) < 4.78 is 5.37. The summed E-state index contributed by atoms with van der Waals surface area (Å²) in [6, 6.07) is 0. The lowest BCUT2D eigenvalue weighted by atomic mass is 10.0. The molecule has 1 atom stereocenters. The average Bonchev–Trinajstić information content (AvgIpc) is 2.51. The SMILES string of the molecule is CCC(C)(Oc1[nH]ncc1C)C(=O)O. The Hall–Kier alpha value is -1.52. The molecule has 0 radical (unpaired) electrons. The highest BCUT2D eigenvalue weighted by Crippen LogP contribution is 2.22. The maximum absolute atomic E-state index is 10.9. The Morgan fingerprint density at radius 2 is 2.43 bits per heavy atom. The van der Waals surface area contributed by atoms with Crippen LogP contribution in [0.4, 0.5) is 0 Å². The maximum Gasteiger partial charge on any atom is 0.347 e. The predicted octanol–water partition coefficient (Wildman–Crippen LogP) is 1.35. The van der Waals surface area contributed by atoms with Crippen molar-refractivity contribution in [3.63, 3.8) is 0 Å². The summed E-state index contributed by atoms with van der Waals surface area (Å²) in [4.78, 5) is 10.9. The molecule has 0 aromatic carbocycles. The number of aromatic nitrogens is 2. The van der Waals surface area contributed by atoms with Gasteiger partial charge in [0.1, 0.15) is 0 Å². The van der Waals surface area contributed by atoms with Crippen LogP contribution in [0.3, 0.4) is 0 Å². The minimum atomic E-state index is -1.20. The first-order valence-corrected chi connectivity index (χ1v) is 4.42. The van der Waals surface area contributed by atoms with Crippen LogP contribution in [0.15, 0.2) is 6.20 Å². The number of H-pyrrole nitrogens is 1. The third-order valence-corrected chi connectivity index (χ3v) is 2.24. The van der Waals surface area contributed by atoms with Crippen LogP contribution in [0, 0.1) is 6.92 Å². The number of nitrogens with one attached hydrogen (secondary N) is 1. The van der Waals surface area contributed by atoms with E-state index < -0.39 is 11.6 Å². The van der Waals surface area contributed by atoms with Crippen molar-refractivity contribution in [2.45, 2.75) is 32.8 Å². The number of carbonyl (C=O) groups is 1. The molecule has 78 valence electrons. The van der Waals surface area contributed by atoms with Gasteiger partial charge in [-0.1, -0.05) is 6.92 Å². The molecule has 0 saturated heterocycles. The van der Waals surface area contributed by atoms with Gasteiger partial charge in [-0.25, -0.2) is 9.89 Å². The second-order valence-corrected chi connectivity index (χ2v) is 3.37. The third kappa shape index (κ3) is 1.86. The van der Waals surface area contributed by atoms with Crippen LogP contribution in [-0.2, 0) is 4.79 Å². The summed E-state index contributed by atoms with van der Waals surface area (Å²) >= 11 is 0. The Labute approximate surface area is 82.1 Å². The highest BCUT2D eigenvalue weighted by atomic mass is 16.5. The van der Waals surface area contributed by atoms with Gasteiger partial charge in [-0.3, -0.25) is 0 Å². The minimum Gasteiger partial charge on any atom is -0.478 e. The molecule has 1 aromatic rings. The Morgan fingerprint density at radius 3 is 2.79 bits per heavy atom. The van der Waals surface area contributed by atoms with Gasteiger partial charge in [0.05, 0.1) is 6.20 Å². The van der Waals surface area contributed by atoms with Gasteiger partial charge in [0, 0.05) is 5.56 Å². The van der Waals surface area contributed by atoms with E-state index in [2.05, 4.69) is 10.2 Å². The average molecular weight is 198 g/mol. The van der Waals surface area contributed by atoms with Crippen LogP contribution >= 0.6 is 0 Å². The number of hydrogen-bond donors (Lipinski definition) is 2. The molecule has 1 rings (SSSR count). The zero-order valence-corrected chi connectivity index (χ0v) is 8.50. The molecule has 1 heterocycles. The fraction of sp³-hybridized carbons (Fsp3) is 0.556. The number of hydrogen-bond acceptors (Lipinski definition) is 3. The Kier molecular flexibility index (Phi) is 2.78. The molecule has 0 bridgehead atoms. The standard InChI is InChI=1S/C9H14N2O3/c1-4-9(3,8(12)13)14-7-6(2)5-10-11-7/h5H,4H2,1-3H3,(H,10,11)(H,12,13). The van der Waals surface area contributed by atoms with Crippen molar-refractivity contribution in [2.24, 2.45) is 0 Å². The summed E-state index contributed by atoms with van der Waals surface area (Å²) in [6.07, 6.45) is 1.98. The highest BCUT2D eigenvalue weighted by Gasteiger charge is 2.34. The first-order valence-electron chi connectivity index (χ1n) is 4.42. The molecule has 5 heteroatoms. The Balaban J connectivity index is 2.86. The second-order valence-electron chi connectivity index (χ2n) is 3.37. The summed E-state index contributed by atoms with van der Waals surface area (Å²) in [5.41, 5.74) is -0.400. The first-order chi connectivity index (χ1) is 6.49. The van der Waals surface area contributed by atoms with Crippen molar-refractivity contribution >= 4 is 5.97 Å². The van der Waals surface area contributed by atoms with E-state index in [-0.39, 0.29) is 0 Å².